The molecule has 5 aromatic rings. The third-order valence-corrected chi connectivity index (χ3v) is 6.19. The summed E-state index contributed by atoms with van der Waals surface area (Å²) in [6.45, 7) is 0. The van der Waals surface area contributed by atoms with Gasteiger partial charge in [-0.3, -0.25) is 9.78 Å². The summed E-state index contributed by atoms with van der Waals surface area (Å²) in [5.41, 5.74) is 7.59. The zero-order valence-electron chi connectivity index (χ0n) is 16.7. The van der Waals surface area contributed by atoms with Crippen LogP contribution in [0.1, 0.15) is 27.5 Å². The molecule has 6 nitrogen and oxygen atoms in total. The van der Waals surface area contributed by atoms with Crippen LogP contribution < -0.4 is 5.32 Å². The van der Waals surface area contributed by atoms with Gasteiger partial charge in [-0.25, -0.2) is 9.97 Å². The highest BCUT2D eigenvalue weighted by Gasteiger charge is 2.32. The van der Waals surface area contributed by atoms with Crippen LogP contribution in [0.15, 0.2) is 83.9 Å². The average molecular weight is 482 g/mol. The van der Waals surface area contributed by atoms with Crippen LogP contribution >= 0.6 is 15.9 Å². The molecule has 32 heavy (non-hydrogen) atoms. The normalized spacial score (nSPS) is 14.2. The number of fused-ring (bicyclic) bond motifs is 4. The van der Waals surface area contributed by atoms with Gasteiger partial charge >= 0.3 is 0 Å². The Kier molecular flexibility index (Phi) is 4.36. The zero-order valence-corrected chi connectivity index (χ0v) is 18.3. The van der Waals surface area contributed by atoms with E-state index in [1.165, 1.54) is 0 Å². The van der Waals surface area contributed by atoms with Crippen molar-refractivity contribution in [2.75, 3.05) is 0 Å². The molecule has 0 bridgehead atoms. The molecule has 1 aliphatic rings. The van der Waals surface area contributed by atoms with Gasteiger partial charge in [0.05, 0.1) is 23.3 Å². The predicted octanol–water partition coefficient (Wildman–Crippen LogP) is 5.28. The summed E-state index contributed by atoms with van der Waals surface area (Å²) >= 11 is 3.34. The zero-order chi connectivity index (χ0) is 21.7. The van der Waals surface area contributed by atoms with E-state index in [9.17, 15) is 4.79 Å². The maximum atomic E-state index is 13.1. The lowest BCUT2D eigenvalue weighted by molar-refractivity contribution is 0.0943. The highest BCUT2D eigenvalue weighted by Crippen LogP contribution is 2.47. The number of imidazole rings is 1. The molecule has 2 N–H and O–H groups in total. The van der Waals surface area contributed by atoms with Crippen molar-refractivity contribution in [2.45, 2.75) is 6.04 Å². The molecule has 0 radical (unpaired) electrons. The Hall–Kier alpha value is -3.84. The number of aromatic amines is 1. The van der Waals surface area contributed by atoms with E-state index in [4.69, 9.17) is 4.98 Å². The molecule has 3 aromatic heterocycles. The quantitative estimate of drug-likeness (QED) is 0.343. The van der Waals surface area contributed by atoms with Crippen LogP contribution in [-0.2, 0) is 0 Å². The van der Waals surface area contributed by atoms with Crippen LogP contribution in [0.25, 0.3) is 33.5 Å². The topological polar surface area (TPSA) is 83.6 Å². The van der Waals surface area contributed by atoms with Crippen molar-refractivity contribution in [1.82, 2.24) is 25.3 Å². The summed E-state index contributed by atoms with van der Waals surface area (Å²) in [7, 11) is 0. The van der Waals surface area contributed by atoms with Gasteiger partial charge in [-0.05, 0) is 56.4 Å². The van der Waals surface area contributed by atoms with Gasteiger partial charge in [0, 0.05) is 23.5 Å². The number of aromatic nitrogens is 4. The van der Waals surface area contributed by atoms with E-state index in [2.05, 4.69) is 60.5 Å². The third kappa shape index (κ3) is 3.01. The number of halogens is 1. The fraction of sp³-hybridized carbons (Fsp3) is 0.0400. The molecule has 1 aliphatic carbocycles. The Labute approximate surface area is 191 Å². The monoisotopic (exact) mass is 481 g/mol. The van der Waals surface area contributed by atoms with Crippen molar-refractivity contribution >= 4 is 32.9 Å². The molecule has 0 spiro atoms. The van der Waals surface area contributed by atoms with Crippen molar-refractivity contribution in [3.63, 3.8) is 0 Å². The molecule has 1 atom stereocenters. The summed E-state index contributed by atoms with van der Waals surface area (Å²) in [6, 6.07) is 19.4. The van der Waals surface area contributed by atoms with E-state index in [0.717, 1.165) is 44.7 Å². The second-order valence-corrected chi connectivity index (χ2v) is 8.42. The fourth-order valence-corrected chi connectivity index (χ4v) is 4.72. The van der Waals surface area contributed by atoms with Gasteiger partial charge in [0.25, 0.3) is 5.91 Å². The molecule has 3 heterocycles. The van der Waals surface area contributed by atoms with E-state index in [1.54, 1.807) is 30.7 Å². The summed E-state index contributed by atoms with van der Waals surface area (Å²) in [4.78, 5) is 29.5. The summed E-state index contributed by atoms with van der Waals surface area (Å²) < 4.78 is 0.624. The molecule has 0 aliphatic heterocycles. The lowest BCUT2D eigenvalue weighted by Crippen LogP contribution is -2.28. The van der Waals surface area contributed by atoms with Crippen LogP contribution in [0.5, 0.6) is 0 Å². The number of H-pyrrole nitrogens is 1. The average Bonchev–Trinajstić information content (AvgIpc) is 3.39. The van der Waals surface area contributed by atoms with Crippen molar-refractivity contribution in [3.8, 4) is 22.5 Å². The number of carbonyl (C=O) groups excluding carboxylic acids is 1. The Morgan fingerprint density at radius 2 is 1.81 bits per heavy atom. The number of hydrogen-bond donors (Lipinski definition) is 2. The largest absolute Gasteiger partial charge is 0.341 e. The Bertz CT molecular complexity index is 1480. The van der Waals surface area contributed by atoms with E-state index >= 15 is 0 Å². The molecule has 154 valence electrons. The Morgan fingerprint density at radius 1 is 0.969 bits per heavy atom. The van der Waals surface area contributed by atoms with Crippen molar-refractivity contribution in [3.05, 3.63) is 101 Å². The van der Waals surface area contributed by atoms with Gasteiger partial charge in [0.15, 0.2) is 0 Å². The minimum atomic E-state index is -0.258. The van der Waals surface area contributed by atoms with Gasteiger partial charge in [-0.2, -0.15) is 0 Å². The molecule has 1 amide bonds. The maximum absolute atomic E-state index is 13.1. The van der Waals surface area contributed by atoms with E-state index < -0.39 is 0 Å². The fourth-order valence-electron chi connectivity index (χ4n) is 4.35. The number of carbonyl (C=O) groups is 1. The van der Waals surface area contributed by atoms with Gasteiger partial charge < -0.3 is 10.3 Å². The molecular formula is C25H16BrN5O. The van der Waals surface area contributed by atoms with Crippen LogP contribution in [0.2, 0.25) is 0 Å². The minimum Gasteiger partial charge on any atom is -0.341 e. The Balaban J connectivity index is 1.48. The van der Waals surface area contributed by atoms with E-state index in [-0.39, 0.29) is 11.9 Å². The lowest BCUT2D eigenvalue weighted by Gasteiger charge is -2.16. The Morgan fingerprint density at radius 3 is 2.69 bits per heavy atom. The molecule has 0 saturated carbocycles. The smallest absolute Gasteiger partial charge is 0.252 e. The minimum absolute atomic E-state index is 0.152. The third-order valence-electron chi connectivity index (χ3n) is 5.75. The number of nitrogens with zero attached hydrogens (tertiary/aromatic N) is 3. The summed E-state index contributed by atoms with van der Waals surface area (Å²) in [6.07, 6.45) is 5.13. The van der Waals surface area contributed by atoms with Gasteiger partial charge in [0.1, 0.15) is 10.4 Å². The molecule has 2 aromatic carbocycles. The molecule has 0 fully saturated rings. The number of pyridine rings is 2. The second-order valence-electron chi connectivity index (χ2n) is 7.61. The first kappa shape index (κ1) is 18.9. The SMILES string of the molecule is O=C(N[C@@H]1c2ccccc2-c2c(-c3nc4ccncc4[nH]3)cccc21)c1ccnc(Br)c1. The van der Waals surface area contributed by atoms with Crippen molar-refractivity contribution in [1.29, 1.82) is 0 Å². The highest BCUT2D eigenvalue weighted by atomic mass is 79.9. The first-order valence-corrected chi connectivity index (χ1v) is 10.9. The maximum Gasteiger partial charge on any atom is 0.252 e. The molecular weight excluding hydrogens is 466 g/mol. The van der Waals surface area contributed by atoms with Gasteiger partial charge in [-0.15, -0.1) is 0 Å². The van der Waals surface area contributed by atoms with E-state index in [1.807, 2.05) is 24.3 Å². The molecule has 6 rings (SSSR count). The number of hydrogen-bond acceptors (Lipinski definition) is 4. The second kappa shape index (κ2) is 7.39. The predicted molar refractivity (Wildman–Crippen MR) is 126 cm³/mol. The van der Waals surface area contributed by atoms with Crippen LogP contribution in [-0.4, -0.2) is 25.8 Å². The number of amides is 1. The number of rotatable bonds is 3. The molecule has 0 saturated heterocycles. The molecule has 7 heteroatoms. The highest BCUT2D eigenvalue weighted by molar-refractivity contribution is 9.10. The summed E-state index contributed by atoms with van der Waals surface area (Å²) in [5.74, 6) is 0.630. The lowest BCUT2D eigenvalue weighted by atomic mass is 9.98. The van der Waals surface area contributed by atoms with Crippen molar-refractivity contribution in [2.24, 2.45) is 0 Å². The first-order valence-electron chi connectivity index (χ1n) is 10.1. The number of benzene rings is 2. The van der Waals surface area contributed by atoms with Gasteiger partial charge in [-0.1, -0.05) is 42.5 Å². The van der Waals surface area contributed by atoms with Crippen LogP contribution in [0.3, 0.4) is 0 Å². The van der Waals surface area contributed by atoms with Crippen LogP contribution in [0.4, 0.5) is 0 Å². The molecule has 0 unspecified atom stereocenters. The summed E-state index contributed by atoms with van der Waals surface area (Å²) in [5, 5.41) is 3.21. The standard InChI is InChI=1S/C25H16BrN5O/c26-21-12-14(8-11-28-21)25(32)31-23-16-5-2-1-4-15(16)22-17(23)6-3-7-18(22)24-29-19-9-10-27-13-20(19)30-24/h1-13,23H,(H,29,30)(H,31,32)/t23-/m1/s1. The van der Waals surface area contributed by atoms with Crippen LogP contribution in [0, 0.1) is 0 Å². The van der Waals surface area contributed by atoms with Gasteiger partial charge in [0.2, 0.25) is 0 Å². The van der Waals surface area contributed by atoms with E-state index in [0.29, 0.717) is 10.2 Å². The number of nitrogens with one attached hydrogen (secondary N) is 2. The first-order chi connectivity index (χ1) is 15.7. The van der Waals surface area contributed by atoms with Crippen molar-refractivity contribution < 1.29 is 4.79 Å².